The highest BCUT2D eigenvalue weighted by Crippen LogP contribution is 2.34. The number of amides is 1. The molecule has 3 N–H and O–H groups in total. The van der Waals surface area contributed by atoms with E-state index in [0.717, 1.165) is 32.7 Å². The molecule has 0 saturated heterocycles. The molecule has 1 aromatic heterocycles. The van der Waals surface area contributed by atoms with Gasteiger partial charge in [0.1, 0.15) is 11.4 Å². The third-order valence-electron chi connectivity index (χ3n) is 4.64. The number of aromatic nitrogens is 1. The van der Waals surface area contributed by atoms with Crippen LogP contribution < -0.4 is 5.43 Å². The molecule has 154 valence electrons. The Bertz CT molecular complexity index is 1330. The SMILES string of the molecule is O=C(N/N=C/c1cc([N+](=O)[O-])ccc1O)c1[nH]c2ccc(Br)cc2c1-c1ccccc1. The van der Waals surface area contributed by atoms with Crippen LogP contribution in [-0.4, -0.2) is 27.1 Å². The summed E-state index contributed by atoms with van der Waals surface area (Å²) in [6, 6.07) is 18.7. The third kappa shape index (κ3) is 4.17. The van der Waals surface area contributed by atoms with E-state index in [-0.39, 0.29) is 17.0 Å². The van der Waals surface area contributed by atoms with Crippen molar-refractivity contribution >= 4 is 44.6 Å². The van der Waals surface area contributed by atoms with E-state index in [0.29, 0.717) is 5.69 Å². The number of halogens is 1. The molecule has 4 aromatic rings. The molecule has 0 spiro atoms. The zero-order valence-corrected chi connectivity index (χ0v) is 17.5. The van der Waals surface area contributed by atoms with E-state index < -0.39 is 10.8 Å². The van der Waals surface area contributed by atoms with Crippen LogP contribution in [0.2, 0.25) is 0 Å². The maximum atomic E-state index is 12.9. The summed E-state index contributed by atoms with van der Waals surface area (Å²) in [5, 5.41) is 25.5. The number of phenols is 1. The first-order valence-electron chi connectivity index (χ1n) is 9.11. The third-order valence-corrected chi connectivity index (χ3v) is 5.14. The van der Waals surface area contributed by atoms with E-state index in [2.05, 4.69) is 31.4 Å². The normalized spacial score (nSPS) is 11.1. The highest BCUT2D eigenvalue weighted by Gasteiger charge is 2.19. The van der Waals surface area contributed by atoms with Crippen molar-refractivity contribution < 1.29 is 14.8 Å². The quantitative estimate of drug-likeness (QED) is 0.213. The monoisotopic (exact) mass is 478 g/mol. The predicted octanol–water partition coefficient (Wildman–Crippen LogP) is 4.98. The molecule has 1 amide bonds. The predicted molar refractivity (Wildman–Crippen MR) is 121 cm³/mol. The van der Waals surface area contributed by atoms with Gasteiger partial charge in [-0.25, -0.2) is 5.43 Å². The van der Waals surface area contributed by atoms with Crippen LogP contribution in [0.4, 0.5) is 5.69 Å². The van der Waals surface area contributed by atoms with Crippen LogP contribution in [0, 0.1) is 10.1 Å². The minimum atomic E-state index is -0.579. The van der Waals surface area contributed by atoms with Crippen molar-refractivity contribution in [3.63, 3.8) is 0 Å². The zero-order valence-electron chi connectivity index (χ0n) is 15.9. The first-order chi connectivity index (χ1) is 14.9. The van der Waals surface area contributed by atoms with Gasteiger partial charge in [0, 0.05) is 38.6 Å². The summed E-state index contributed by atoms with van der Waals surface area (Å²) in [6.45, 7) is 0. The van der Waals surface area contributed by atoms with Gasteiger partial charge in [0.25, 0.3) is 11.6 Å². The molecular formula is C22H15BrN4O4. The molecule has 0 unspecified atom stereocenters. The van der Waals surface area contributed by atoms with Gasteiger partial charge >= 0.3 is 0 Å². The number of nitrogens with zero attached hydrogens (tertiary/aromatic N) is 2. The summed E-state index contributed by atoms with van der Waals surface area (Å²) in [6.07, 6.45) is 1.15. The van der Waals surface area contributed by atoms with Crippen molar-refractivity contribution in [2.45, 2.75) is 0 Å². The summed E-state index contributed by atoms with van der Waals surface area (Å²) in [5.74, 6) is -0.684. The largest absolute Gasteiger partial charge is 0.507 e. The molecule has 0 aliphatic rings. The van der Waals surface area contributed by atoms with Gasteiger partial charge < -0.3 is 10.1 Å². The summed E-state index contributed by atoms with van der Waals surface area (Å²) >= 11 is 3.47. The minimum absolute atomic E-state index is 0.110. The molecule has 1 heterocycles. The second kappa shape index (κ2) is 8.41. The Labute approximate surface area is 184 Å². The molecule has 0 fully saturated rings. The number of carbonyl (C=O) groups is 1. The van der Waals surface area contributed by atoms with Gasteiger partial charge in [-0.2, -0.15) is 5.10 Å². The van der Waals surface area contributed by atoms with E-state index in [4.69, 9.17) is 0 Å². The van der Waals surface area contributed by atoms with E-state index >= 15 is 0 Å². The Kier molecular flexibility index (Phi) is 5.50. The fraction of sp³-hybridized carbons (Fsp3) is 0. The van der Waals surface area contributed by atoms with Crippen molar-refractivity contribution in [2.75, 3.05) is 0 Å². The molecule has 8 nitrogen and oxygen atoms in total. The molecule has 9 heteroatoms. The number of nitro benzene ring substituents is 1. The van der Waals surface area contributed by atoms with Crippen LogP contribution in [0.1, 0.15) is 16.1 Å². The molecule has 0 saturated carbocycles. The minimum Gasteiger partial charge on any atom is -0.507 e. The van der Waals surface area contributed by atoms with Crippen molar-refractivity contribution in [1.82, 2.24) is 10.4 Å². The number of hydrazone groups is 1. The van der Waals surface area contributed by atoms with E-state index in [1.165, 1.54) is 18.2 Å². The number of H-pyrrole nitrogens is 1. The first kappa shape index (κ1) is 20.3. The smallest absolute Gasteiger partial charge is 0.288 e. The van der Waals surface area contributed by atoms with E-state index in [9.17, 15) is 20.0 Å². The number of hydrogen-bond acceptors (Lipinski definition) is 5. The zero-order chi connectivity index (χ0) is 22.0. The standard InChI is InChI=1S/C22H15BrN4O4/c23-15-6-8-18-17(11-15)20(13-4-2-1-3-5-13)21(25-18)22(29)26-24-12-14-10-16(27(30)31)7-9-19(14)28/h1-12,25,28H,(H,26,29)/b24-12+. The number of nitro groups is 1. The van der Waals surface area contributed by atoms with Crippen molar-refractivity contribution in [3.05, 3.63) is 92.6 Å². The Morgan fingerprint density at radius 3 is 2.65 bits per heavy atom. The first-order valence-corrected chi connectivity index (χ1v) is 9.91. The van der Waals surface area contributed by atoms with Gasteiger partial charge in [0.2, 0.25) is 0 Å². The van der Waals surface area contributed by atoms with Gasteiger partial charge in [-0.05, 0) is 29.8 Å². The molecule has 31 heavy (non-hydrogen) atoms. The molecule has 3 aromatic carbocycles. The molecule has 4 rings (SSSR count). The highest BCUT2D eigenvalue weighted by atomic mass is 79.9. The highest BCUT2D eigenvalue weighted by molar-refractivity contribution is 9.10. The number of non-ortho nitro benzene ring substituents is 1. The lowest BCUT2D eigenvalue weighted by molar-refractivity contribution is -0.384. The Morgan fingerprint density at radius 1 is 1.13 bits per heavy atom. The number of carbonyl (C=O) groups excluding carboxylic acids is 1. The molecule has 0 bridgehead atoms. The van der Waals surface area contributed by atoms with E-state index in [1.54, 1.807) is 0 Å². The number of hydrogen-bond donors (Lipinski definition) is 3. The number of aromatic hydroxyl groups is 1. The second-order valence-electron chi connectivity index (χ2n) is 6.63. The Hall–Kier alpha value is -3.98. The van der Waals surface area contributed by atoms with Crippen LogP contribution in [0.15, 0.2) is 76.3 Å². The fourth-order valence-corrected chi connectivity index (χ4v) is 3.58. The average Bonchev–Trinajstić information content (AvgIpc) is 3.14. The molecule has 0 aliphatic carbocycles. The molecule has 0 radical (unpaired) electrons. The average molecular weight is 479 g/mol. The summed E-state index contributed by atoms with van der Waals surface area (Å²) in [7, 11) is 0. The van der Waals surface area contributed by atoms with E-state index in [1.807, 2.05) is 48.5 Å². The Balaban J connectivity index is 1.68. The van der Waals surface area contributed by atoms with Crippen LogP contribution in [0.25, 0.3) is 22.0 Å². The fourth-order valence-electron chi connectivity index (χ4n) is 3.21. The lowest BCUT2D eigenvalue weighted by atomic mass is 10.0. The maximum absolute atomic E-state index is 12.9. The summed E-state index contributed by atoms with van der Waals surface area (Å²) < 4.78 is 0.877. The Morgan fingerprint density at radius 2 is 1.90 bits per heavy atom. The van der Waals surface area contributed by atoms with Gasteiger partial charge in [0.15, 0.2) is 0 Å². The van der Waals surface area contributed by atoms with Crippen LogP contribution >= 0.6 is 15.9 Å². The lowest BCUT2D eigenvalue weighted by Gasteiger charge is -2.05. The topological polar surface area (TPSA) is 121 Å². The lowest BCUT2D eigenvalue weighted by Crippen LogP contribution is -2.18. The summed E-state index contributed by atoms with van der Waals surface area (Å²) in [5.41, 5.74) is 5.02. The van der Waals surface area contributed by atoms with Gasteiger partial charge in [0.05, 0.1) is 11.1 Å². The second-order valence-corrected chi connectivity index (χ2v) is 7.55. The molecular weight excluding hydrogens is 464 g/mol. The summed E-state index contributed by atoms with van der Waals surface area (Å²) in [4.78, 5) is 26.4. The number of nitrogens with one attached hydrogen (secondary N) is 2. The van der Waals surface area contributed by atoms with Gasteiger partial charge in [-0.3, -0.25) is 14.9 Å². The number of benzene rings is 3. The number of phenolic OH excluding ortho intramolecular Hbond substituents is 1. The van der Waals surface area contributed by atoms with Gasteiger partial charge in [-0.1, -0.05) is 46.3 Å². The number of aromatic amines is 1. The van der Waals surface area contributed by atoms with Crippen LogP contribution in [-0.2, 0) is 0 Å². The van der Waals surface area contributed by atoms with Gasteiger partial charge in [-0.15, -0.1) is 0 Å². The van der Waals surface area contributed by atoms with Crippen molar-refractivity contribution in [2.24, 2.45) is 5.10 Å². The van der Waals surface area contributed by atoms with Crippen LogP contribution in [0.3, 0.4) is 0 Å². The van der Waals surface area contributed by atoms with Crippen molar-refractivity contribution in [3.8, 4) is 16.9 Å². The number of rotatable bonds is 5. The molecule has 0 aliphatic heterocycles. The van der Waals surface area contributed by atoms with Crippen molar-refractivity contribution in [1.29, 1.82) is 0 Å². The molecule has 0 atom stereocenters. The maximum Gasteiger partial charge on any atom is 0.288 e. The van der Waals surface area contributed by atoms with Crippen LogP contribution in [0.5, 0.6) is 5.75 Å². The number of fused-ring (bicyclic) bond motifs is 1.